The van der Waals surface area contributed by atoms with Crippen molar-refractivity contribution in [2.45, 2.75) is 70.4 Å². The van der Waals surface area contributed by atoms with Gasteiger partial charge in [0.2, 0.25) is 0 Å². The summed E-state index contributed by atoms with van der Waals surface area (Å²) in [5.74, 6) is 0. The molecule has 0 aliphatic carbocycles. The lowest BCUT2D eigenvalue weighted by Gasteiger charge is -2.39. The summed E-state index contributed by atoms with van der Waals surface area (Å²) in [6.07, 6.45) is 9.50. The molecule has 0 aromatic heterocycles. The number of nitrogens with one attached hydrogen (secondary N) is 1. The van der Waals surface area contributed by atoms with Crippen molar-refractivity contribution >= 4 is 0 Å². The number of ether oxygens (including phenoxy) is 1. The van der Waals surface area contributed by atoms with Crippen molar-refractivity contribution in [1.29, 1.82) is 0 Å². The zero-order valence-electron chi connectivity index (χ0n) is 12.9. The van der Waals surface area contributed by atoms with E-state index in [2.05, 4.69) is 24.1 Å². The number of piperidine rings is 1. The van der Waals surface area contributed by atoms with E-state index in [1.807, 2.05) is 0 Å². The molecule has 0 spiro atoms. The molecule has 2 atom stereocenters. The first-order valence-corrected chi connectivity index (χ1v) is 8.37. The molecule has 19 heavy (non-hydrogen) atoms. The topological polar surface area (TPSA) is 24.5 Å². The molecule has 0 aromatic rings. The standard InChI is InChI=1S/C16H32N2O/c1-3-8-16(9-6-10-17-16)14-18-11-5-7-15(13-18)19-12-4-2/h15,17H,3-14H2,1-2H3. The van der Waals surface area contributed by atoms with Crippen LogP contribution < -0.4 is 5.32 Å². The van der Waals surface area contributed by atoms with Crippen molar-refractivity contribution in [2.75, 3.05) is 32.8 Å². The smallest absolute Gasteiger partial charge is 0.0702 e. The lowest BCUT2D eigenvalue weighted by molar-refractivity contribution is -0.00711. The van der Waals surface area contributed by atoms with Gasteiger partial charge >= 0.3 is 0 Å². The second-order valence-corrected chi connectivity index (χ2v) is 6.43. The van der Waals surface area contributed by atoms with Crippen molar-refractivity contribution in [2.24, 2.45) is 0 Å². The molecule has 2 aliphatic heterocycles. The molecule has 2 rings (SSSR count). The molecular weight excluding hydrogens is 236 g/mol. The number of hydrogen-bond donors (Lipinski definition) is 1. The lowest BCUT2D eigenvalue weighted by Crippen LogP contribution is -2.53. The summed E-state index contributed by atoms with van der Waals surface area (Å²) in [7, 11) is 0. The predicted octanol–water partition coefficient (Wildman–Crippen LogP) is 2.80. The minimum atomic E-state index is 0.404. The highest BCUT2D eigenvalue weighted by molar-refractivity contribution is 4.96. The largest absolute Gasteiger partial charge is 0.377 e. The maximum atomic E-state index is 5.96. The normalized spacial score (nSPS) is 32.8. The second-order valence-electron chi connectivity index (χ2n) is 6.43. The van der Waals surface area contributed by atoms with E-state index in [0.29, 0.717) is 11.6 Å². The van der Waals surface area contributed by atoms with Crippen LogP contribution >= 0.6 is 0 Å². The summed E-state index contributed by atoms with van der Waals surface area (Å²) in [5, 5.41) is 3.79. The summed E-state index contributed by atoms with van der Waals surface area (Å²) >= 11 is 0. The van der Waals surface area contributed by atoms with Gasteiger partial charge in [-0.3, -0.25) is 4.90 Å². The van der Waals surface area contributed by atoms with Crippen molar-refractivity contribution in [3.05, 3.63) is 0 Å². The first-order chi connectivity index (χ1) is 9.28. The van der Waals surface area contributed by atoms with Crippen LogP contribution in [0.3, 0.4) is 0 Å². The fourth-order valence-corrected chi connectivity index (χ4v) is 3.78. The molecule has 2 saturated heterocycles. The van der Waals surface area contributed by atoms with Crippen LogP contribution in [0.15, 0.2) is 0 Å². The lowest BCUT2D eigenvalue weighted by atomic mass is 9.90. The number of hydrogen-bond acceptors (Lipinski definition) is 3. The molecule has 3 heteroatoms. The van der Waals surface area contributed by atoms with E-state index in [0.717, 1.165) is 19.6 Å². The minimum absolute atomic E-state index is 0.404. The van der Waals surface area contributed by atoms with E-state index in [1.165, 1.54) is 58.2 Å². The van der Waals surface area contributed by atoms with Crippen LogP contribution in [0.25, 0.3) is 0 Å². The summed E-state index contributed by atoms with van der Waals surface area (Å²) in [5.41, 5.74) is 0.404. The maximum Gasteiger partial charge on any atom is 0.0702 e. The Morgan fingerprint density at radius 2 is 2.16 bits per heavy atom. The molecular formula is C16H32N2O. The third-order valence-corrected chi connectivity index (χ3v) is 4.61. The van der Waals surface area contributed by atoms with Crippen molar-refractivity contribution in [1.82, 2.24) is 10.2 Å². The fourth-order valence-electron chi connectivity index (χ4n) is 3.78. The highest BCUT2D eigenvalue weighted by Crippen LogP contribution is 2.27. The Bertz CT molecular complexity index is 251. The Balaban J connectivity index is 1.83. The second kappa shape index (κ2) is 7.61. The SMILES string of the molecule is CCCOC1CCCN(CC2(CCC)CCCN2)C1. The van der Waals surface area contributed by atoms with Gasteiger partial charge < -0.3 is 10.1 Å². The van der Waals surface area contributed by atoms with Gasteiger partial charge in [0, 0.05) is 25.2 Å². The average molecular weight is 268 g/mol. The van der Waals surface area contributed by atoms with Crippen LogP contribution in [0, 0.1) is 0 Å². The molecule has 3 nitrogen and oxygen atoms in total. The molecule has 0 radical (unpaired) electrons. The van der Waals surface area contributed by atoms with Crippen LogP contribution in [-0.2, 0) is 4.74 Å². The van der Waals surface area contributed by atoms with E-state index < -0.39 is 0 Å². The zero-order chi connectivity index (χ0) is 13.6. The van der Waals surface area contributed by atoms with Gasteiger partial charge in [-0.05, 0) is 51.6 Å². The van der Waals surface area contributed by atoms with E-state index in [1.54, 1.807) is 0 Å². The van der Waals surface area contributed by atoms with E-state index in [-0.39, 0.29) is 0 Å². The molecule has 2 heterocycles. The van der Waals surface area contributed by atoms with E-state index in [4.69, 9.17) is 4.74 Å². The number of rotatable bonds is 7. The van der Waals surface area contributed by atoms with Crippen LogP contribution in [0.1, 0.15) is 58.8 Å². The van der Waals surface area contributed by atoms with E-state index >= 15 is 0 Å². The molecule has 112 valence electrons. The van der Waals surface area contributed by atoms with Gasteiger partial charge in [0.25, 0.3) is 0 Å². The summed E-state index contributed by atoms with van der Waals surface area (Å²) in [4.78, 5) is 2.65. The molecule has 0 aromatic carbocycles. The third kappa shape index (κ3) is 4.44. The molecule has 2 fully saturated rings. The van der Waals surface area contributed by atoms with Gasteiger partial charge in [-0.15, -0.1) is 0 Å². The van der Waals surface area contributed by atoms with Crippen LogP contribution in [0.4, 0.5) is 0 Å². The Kier molecular flexibility index (Phi) is 6.11. The number of nitrogens with zero attached hydrogens (tertiary/aromatic N) is 1. The van der Waals surface area contributed by atoms with E-state index in [9.17, 15) is 0 Å². The fraction of sp³-hybridized carbons (Fsp3) is 1.00. The van der Waals surface area contributed by atoms with Crippen LogP contribution in [0.2, 0.25) is 0 Å². The van der Waals surface area contributed by atoms with Crippen LogP contribution in [0.5, 0.6) is 0 Å². The van der Waals surface area contributed by atoms with Gasteiger partial charge in [-0.25, -0.2) is 0 Å². The maximum absolute atomic E-state index is 5.96. The average Bonchev–Trinajstić information content (AvgIpc) is 2.85. The van der Waals surface area contributed by atoms with Gasteiger partial charge in [0.15, 0.2) is 0 Å². The van der Waals surface area contributed by atoms with Crippen molar-refractivity contribution < 1.29 is 4.74 Å². The Labute approximate surface area is 119 Å². The van der Waals surface area contributed by atoms with Gasteiger partial charge in [-0.2, -0.15) is 0 Å². The Morgan fingerprint density at radius 3 is 2.84 bits per heavy atom. The highest BCUT2D eigenvalue weighted by Gasteiger charge is 2.35. The van der Waals surface area contributed by atoms with Crippen molar-refractivity contribution in [3.8, 4) is 0 Å². The Hall–Kier alpha value is -0.120. The third-order valence-electron chi connectivity index (χ3n) is 4.61. The van der Waals surface area contributed by atoms with Gasteiger partial charge in [0.1, 0.15) is 0 Å². The molecule has 0 bridgehead atoms. The predicted molar refractivity (Wildman–Crippen MR) is 80.6 cm³/mol. The first kappa shape index (κ1) is 15.3. The summed E-state index contributed by atoms with van der Waals surface area (Å²) < 4.78 is 5.96. The van der Waals surface area contributed by atoms with Gasteiger partial charge in [-0.1, -0.05) is 20.3 Å². The molecule has 1 N–H and O–H groups in total. The molecule has 0 amide bonds. The quantitative estimate of drug-likeness (QED) is 0.768. The summed E-state index contributed by atoms with van der Waals surface area (Å²) in [6.45, 7) is 10.3. The molecule has 2 unspecified atom stereocenters. The minimum Gasteiger partial charge on any atom is -0.377 e. The van der Waals surface area contributed by atoms with Crippen LogP contribution in [-0.4, -0.2) is 49.3 Å². The first-order valence-electron chi connectivity index (χ1n) is 8.37. The number of likely N-dealkylation sites (tertiary alicyclic amines) is 1. The summed E-state index contributed by atoms with van der Waals surface area (Å²) in [6, 6.07) is 0. The zero-order valence-corrected chi connectivity index (χ0v) is 12.9. The van der Waals surface area contributed by atoms with Gasteiger partial charge in [0.05, 0.1) is 6.10 Å². The monoisotopic (exact) mass is 268 g/mol. The highest BCUT2D eigenvalue weighted by atomic mass is 16.5. The molecule has 0 saturated carbocycles. The van der Waals surface area contributed by atoms with Crippen molar-refractivity contribution in [3.63, 3.8) is 0 Å². The Morgan fingerprint density at radius 1 is 1.26 bits per heavy atom. The molecule has 2 aliphatic rings.